The Hall–Kier alpha value is -0.540. The largest absolute Gasteiger partial charge is 0.312 e. The van der Waals surface area contributed by atoms with Gasteiger partial charge in [0.15, 0.2) is 0 Å². The molecule has 19 heavy (non-hydrogen) atoms. The zero-order chi connectivity index (χ0) is 13.8. The predicted molar refractivity (Wildman–Crippen MR) is 85.7 cm³/mol. The van der Waals surface area contributed by atoms with Gasteiger partial charge in [-0.05, 0) is 49.7 Å². The molecule has 1 N–H and O–H groups in total. The lowest BCUT2D eigenvalue weighted by molar-refractivity contribution is 0.602. The number of rotatable bonds is 5. The molecule has 2 rings (SSSR count). The third kappa shape index (κ3) is 3.51. The van der Waals surface area contributed by atoms with E-state index in [1.165, 1.54) is 9.75 Å². The average Bonchev–Trinajstić information content (AvgIpc) is 2.87. The first kappa shape index (κ1) is 14.9. The predicted octanol–water partition coefficient (Wildman–Crippen LogP) is 5.12. The average molecular weight is 314 g/mol. The van der Waals surface area contributed by atoms with Crippen LogP contribution in [0.3, 0.4) is 0 Å². The molecule has 1 aromatic heterocycles. The molecule has 102 valence electrons. The Labute approximate surface area is 128 Å². The molecule has 2 aromatic rings. The van der Waals surface area contributed by atoms with E-state index in [1.54, 1.807) is 0 Å². The van der Waals surface area contributed by atoms with Gasteiger partial charge in [0.25, 0.3) is 0 Å². The van der Waals surface area contributed by atoms with Crippen molar-refractivity contribution in [1.29, 1.82) is 0 Å². The molecule has 1 unspecified atom stereocenters. The van der Waals surface area contributed by atoms with Gasteiger partial charge in [0.2, 0.25) is 0 Å². The Morgan fingerprint density at radius 3 is 2.37 bits per heavy atom. The normalized spacial score (nSPS) is 12.6. The van der Waals surface area contributed by atoms with Crippen LogP contribution >= 0.6 is 34.5 Å². The Morgan fingerprint density at radius 1 is 1.16 bits per heavy atom. The molecule has 0 bridgehead atoms. The zero-order valence-electron chi connectivity index (χ0n) is 11.0. The van der Waals surface area contributed by atoms with Crippen molar-refractivity contribution in [3.63, 3.8) is 0 Å². The lowest BCUT2D eigenvalue weighted by Gasteiger charge is -2.16. The fraction of sp³-hybridized carbons (Fsp3) is 0.333. The summed E-state index contributed by atoms with van der Waals surface area (Å²) in [5, 5.41) is 4.82. The van der Waals surface area contributed by atoms with Crippen molar-refractivity contribution in [2.45, 2.75) is 25.8 Å². The van der Waals surface area contributed by atoms with Crippen LogP contribution in [-0.4, -0.2) is 7.05 Å². The number of likely N-dealkylation sites (N-methyl/N-ethyl adjacent to an activating group) is 1. The third-order valence-electron chi connectivity index (χ3n) is 3.19. The summed E-state index contributed by atoms with van der Waals surface area (Å²) in [5.74, 6) is 0. The minimum Gasteiger partial charge on any atom is -0.312 e. The van der Waals surface area contributed by atoms with Gasteiger partial charge in [-0.3, -0.25) is 0 Å². The zero-order valence-corrected chi connectivity index (χ0v) is 13.4. The number of thiophene rings is 1. The van der Waals surface area contributed by atoms with E-state index in [4.69, 9.17) is 23.2 Å². The SMILES string of the molecule is CCc1ccc(C(Cc2c(Cl)cccc2Cl)NC)s1. The van der Waals surface area contributed by atoms with Crippen LogP contribution < -0.4 is 5.32 Å². The van der Waals surface area contributed by atoms with E-state index in [2.05, 4.69) is 24.4 Å². The van der Waals surface area contributed by atoms with Gasteiger partial charge in [-0.25, -0.2) is 0 Å². The molecule has 0 saturated heterocycles. The standard InChI is InChI=1S/C15H17Cl2NS/c1-3-10-7-8-15(19-10)14(18-2)9-11-12(16)5-4-6-13(11)17/h4-8,14,18H,3,9H2,1-2H3. The molecule has 0 saturated carbocycles. The number of benzene rings is 1. The summed E-state index contributed by atoms with van der Waals surface area (Å²) in [6.07, 6.45) is 1.88. The summed E-state index contributed by atoms with van der Waals surface area (Å²) < 4.78 is 0. The van der Waals surface area contributed by atoms with Gasteiger partial charge in [0.1, 0.15) is 0 Å². The Morgan fingerprint density at radius 2 is 1.84 bits per heavy atom. The quantitative estimate of drug-likeness (QED) is 0.807. The molecule has 0 aliphatic heterocycles. The number of nitrogens with one attached hydrogen (secondary N) is 1. The molecule has 0 aliphatic rings. The summed E-state index contributed by atoms with van der Waals surface area (Å²) in [7, 11) is 1.97. The van der Waals surface area contributed by atoms with Crippen LogP contribution in [0.5, 0.6) is 0 Å². The molecule has 1 heterocycles. The highest BCUT2D eigenvalue weighted by molar-refractivity contribution is 7.12. The summed E-state index contributed by atoms with van der Waals surface area (Å²) >= 11 is 14.3. The highest BCUT2D eigenvalue weighted by Crippen LogP contribution is 2.31. The number of halogens is 2. The molecule has 1 aromatic carbocycles. The van der Waals surface area contributed by atoms with Gasteiger partial charge in [0.05, 0.1) is 0 Å². The molecular formula is C15H17Cl2NS. The van der Waals surface area contributed by atoms with E-state index in [9.17, 15) is 0 Å². The maximum atomic E-state index is 6.24. The van der Waals surface area contributed by atoms with Crippen LogP contribution in [0, 0.1) is 0 Å². The van der Waals surface area contributed by atoms with Crippen molar-refractivity contribution in [1.82, 2.24) is 5.32 Å². The molecule has 0 amide bonds. The molecule has 0 aliphatic carbocycles. The second-order valence-electron chi connectivity index (χ2n) is 4.40. The van der Waals surface area contributed by atoms with Crippen LogP contribution in [0.4, 0.5) is 0 Å². The van der Waals surface area contributed by atoms with Crippen molar-refractivity contribution in [2.75, 3.05) is 7.05 Å². The van der Waals surface area contributed by atoms with Crippen LogP contribution in [0.15, 0.2) is 30.3 Å². The summed E-state index contributed by atoms with van der Waals surface area (Å²) in [6.45, 7) is 2.18. The van der Waals surface area contributed by atoms with Gasteiger partial charge >= 0.3 is 0 Å². The van der Waals surface area contributed by atoms with Crippen molar-refractivity contribution in [3.8, 4) is 0 Å². The summed E-state index contributed by atoms with van der Waals surface area (Å²) in [6, 6.07) is 10.3. The lowest BCUT2D eigenvalue weighted by Crippen LogP contribution is -2.18. The molecule has 4 heteroatoms. The maximum absolute atomic E-state index is 6.24. The van der Waals surface area contributed by atoms with Crippen molar-refractivity contribution >= 4 is 34.5 Å². The highest BCUT2D eigenvalue weighted by Gasteiger charge is 2.16. The summed E-state index contributed by atoms with van der Waals surface area (Å²) in [5.41, 5.74) is 1.01. The Bertz CT molecular complexity index is 531. The topological polar surface area (TPSA) is 12.0 Å². The second kappa shape index (κ2) is 6.76. The van der Waals surface area contributed by atoms with Crippen LogP contribution in [0.2, 0.25) is 10.0 Å². The Balaban J connectivity index is 2.24. The first-order valence-corrected chi connectivity index (χ1v) is 7.91. The number of hydrogen-bond acceptors (Lipinski definition) is 2. The molecule has 0 fully saturated rings. The molecule has 1 nitrogen and oxygen atoms in total. The molecule has 1 atom stereocenters. The van der Waals surface area contributed by atoms with Crippen LogP contribution in [0.25, 0.3) is 0 Å². The molecular weight excluding hydrogens is 297 g/mol. The van der Waals surface area contributed by atoms with Gasteiger partial charge < -0.3 is 5.32 Å². The minimum absolute atomic E-state index is 0.252. The number of hydrogen-bond donors (Lipinski definition) is 1. The van der Waals surface area contributed by atoms with Gasteiger partial charge in [-0.15, -0.1) is 11.3 Å². The molecule has 0 spiro atoms. The molecule has 0 radical (unpaired) electrons. The first-order valence-electron chi connectivity index (χ1n) is 6.34. The van der Waals surface area contributed by atoms with Gasteiger partial charge in [0, 0.05) is 25.8 Å². The maximum Gasteiger partial charge on any atom is 0.0454 e. The van der Waals surface area contributed by atoms with Crippen LogP contribution in [-0.2, 0) is 12.8 Å². The van der Waals surface area contributed by atoms with E-state index >= 15 is 0 Å². The van der Waals surface area contributed by atoms with E-state index in [0.717, 1.165) is 28.5 Å². The van der Waals surface area contributed by atoms with Gasteiger partial charge in [-0.2, -0.15) is 0 Å². The van der Waals surface area contributed by atoms with Crippen molar-refractivity contribution in [3.05, 3.63) is 55.7 Å². The van der Waals surface area contributed by atoms with E-state index in [1.807, 2.05) is 36.6 Å². The summed E-state index contributed by atoms with van der Waals surface area (Å²) in [4.78, 5) is 2.73. The number of aryl methyl sites for hydroxylation is 1. The smallest absolute Gasteiger partial charge is 0.0454 e. The highest BCUT2D eigenvalue weighted by atomic mass is 35.5. The minimum atomic E-state index is 0.252. The monoisotopic (exact) mass is 313 g/mol. The van der Waals surface area contributed by atoms with E-state index < -0.39 is 0 Å². The van der Waals surface area contributed by atoms with Crippen LogP contribution in [0.1, 0.15) is 28.3 Å². The van der Waals surface area contributed by atoms with E-state index in [-0.39, 0.29) is 6.04 Å². The third-order valence-corrected chi connectivity index (χ3v) is 5.24. The van der Waals surface area contributed by atoms with Crippen molar-refractivity contribution < 1.29 is 0 Å². The fourth-order valence-corrected chi connectivity index (χ4v) is 3.66. The fourth-order valence-electron chi connectivity index (χ4n) is 2.05. The second-order valence-corrected chi connectivity index (χ2v) is 6.42. The van der Waals surface area contributed by atoms with E-state index in [0.29, 0.717) is 0 Å². The first-order chi connectivity index (χ1) is 9.15. The van der Waals surface area contributed by atoms with Gasteiger partial charge in [-0.1, -0.05) is 36.2 Å². The lowest BCUT2D eigenvalue weighted by atomic mass is 10.0. The Kier molecular flexibility index (Phi) is 5.28. The van der Waals surface area contributed by atoms with Crippen molar-refractivity contribution in [2.24, 2.45) is 0 Å².